The molecule has 0 fully saturated rings. The summed E-state index contributed by atoms with van der Waals surface area (Å²) in [6.45, 7) is 0.408. The Kier molecular flexibility index (Phi) is 3.43. The molecule has 0 spiro atoms. The minimum absolute atomic E-state index is 0.0610. The Hall–Kier alpha value is -1.82. The standard InChI is InChI=1S/C11H9BrN2O3/c12-7-3-8(5-13-4-7)14-6-9-1-2-10(17-9)11(15)16/h1-5,14H,6H2,(H,15,16). The van der Waals surface area contributed by atoms with E-state index in [-0.39, 0.29) is 5.76 Å². The van der Waals surface area contributed by atoms with Crippen LogP contribution in [0.15, 0.2) is 39.5 Å². The molecule has 2 N–H and O–H groups in total. The van der Waals surface area contributed by atoms with E-state index in [0.717, 1.165) is 10.2 Å². The van der Waals surface area contributed by atoms with Crippen LogP contribution in [0.2, 0.25) is 0 Å². The average Bonchev–Trinajstić information content (AvgIpc) is 2.75. The Balaban J connectivity index is 2.00. The van der Waals surface area contributed by atoms with Gasteiger partial charge in [0.2, 0.25) is 5.76 Å². The highest BCUT2D eigenvalue weighted by molar-refractivity contribution is 9.10. The summed E-state index contributed by atoms with van der Waals surface area (Å²) in [7, 11) is 0. The van der Waals surface area contributed by atoms with Gasteiger partial charge in [0.1, 0.15) is 5.76 Å². The average molecular weight is 297 g/mol. The van der Waals surface area contributed by atoms with Crippen molar-refractivity contribution in [1.82, 2.24) is 4.98 Å². The molecule has 0 saturated carbocycles. The summed E-state index contributed by atoms with van der Waals surface area (Å²) in [5.41, 5.74) is 0.827. The Labute approximate surface area is 106 Å². The van der Waals surface area contributed by atoms with Gasteiger partial charge in [0.15, 0.2) is 0 Å². The summed E-state index contributed by atoms with van der Waals surface area (Å²) in [5.74, 6) is -0.572. The van der Waals surface area contributed by atoms with Crippen LogP contribution in [0.4, 0.5) is 5.69 Å². The maximum Gasteiger partial charge on any atom is 0.371 e. The van der Waals surface area contributed by atoms with E-state index in [1.165, 1.54) is 6.07 Å². The number of aromatic nitrogens is 1. The molecular weight excluding hydrogens is 288 g/mol. The number of pyridine rings is 1. The smallest absolute Gasteiger partial charge is 0.371 e. The van der Waals surface area contributed by atoms with E-state index in [0.29, 0.717) is 12.3 Å². The molecule has 0 aromatic carbocycles. The third kappa shape index (κ3) is 3.07. The molecule has 0 saturated heterocycles. The zero-order chi connectivity index (χ0) is 12.3. The summed E-state index contributed by atoms with van der Waals surface area (Å²) in [6, 6.07) is 4.93. The Morgan fingerprint density at radius 2 is 2.29 bits per heavy atom. The van der Waals surface area contributed by atoms with Gasteiger partial charge in [0, 0.05) is 10.7 Å². The van der Waals surface area contributed by atoms with Crippen LogP contribution in [-0.4, -0.2) is 16.1 Å². The fourth-order valence-corrected chi connectivity index (χ4v) is 1.65. The number of carboxylic acid groups (broad SMARTS) is 1. The van der Waals surface area contributed by atoms with Crippen molar-refractivity contribution in [2.24, 2.45) is 0 Å². The fraction of sp³-hybridized carbons (Fsp3) is 0.0909. The molecule has 0 bridgehead atoms. The van der Waals surface area contributed by atoms with E-state index >= 15 is 0 Å². The van der Waals surface area contributed by atoms with Crippen molar-refractivity contribution in [3.8, 4) is 0 Å². The maximum atomic E-state index is 10.6. The lowest BCUT2D eigenvalue weighted by molar-refractivity contribution is 0.0660. The summed E-state index contributed by atoms with van der Waals surface area (Å²) < 4.78 is 5.97. The number of rotatable bonds is 4. The van der Waals surface area contributed by atoms with Crippen LogP contribution in [0, 0.1) is 0 Å². The van der Waals surface area contributed by atoms with Crippen LogP contribution in [0.1, 0.15) is 16.3 Å². The predicted molar refractivity (Wildman–Crippen MR) is 64.9 cm³/mol. The monoisotopic (exact) mass is 296 g/mol. The lowest BCUT2D eigenvalue weighted by Crippen LogP contribution is -1.99. The van der Waals surface area contributed by atoms with E-state index in [1.54, 1.807) is 18.5 Å². The van der Waals surface area contributed by atoms with Gasteiger partial charge in [-0.3, -0.25) is 4.98 Å². The molecule has 0 aliphatic rings. The number of furan rings is 1. The predicted octanol–water partition coefficient (Wildman–Crippen LogP) is 2.75. The molecule has 2 aromatic rings. The topological polar surface area (TPSA) is 75.4 Å². The number of nitrogens with one attached hydrogen (secondary N) is 1. The van der Waals surface area contributed by atoms with Gasteiger partial charge in [-0.15, -0.1) is 0 Å². The van der Waals surface area contributed by atoms with Crippen LogP contribution >= 0.6 is 15.9 Å². The number of aromatic carboxylic acids is 1. The summed E-state index contributed by atoms with van der Waals surface area (Å²) in [5, 5.41) is 11.8. The summed E-state index contributed by atoms with van der Waals surface area (Å²) in [6.07, 6.45) is 3.35. The number of halogens is 1. The van der Waals surface area contributed by atoms with Gasteiger partial charge >= 0.3 is 5.97 Å². The van der Waals surface area contributed by atoms with E-state index < -0.39 is 5.97 Å². The van der Waals surface area contributed by atoms with E-state index in [9.17, 15) is 4.79 Å². The van der Waals surface area contributed by atoms with E-state index in [4.69, 9.17) is 9.52 Å². The molecule has 0 radical (unpaired) electrons. The van der Waals surface area contributed by atoms with Crippen molar-refractivity contribution in [2.45, 2.75) is 6.54 Å². The molecule has 0 unspecified atom stereocenters. The van der Waals surface area contributed by atoms with Gasteiger partial charge in [-0.25, -0.2) is 4.79 Å². The lowest BCUT2D eigenvalue weighted by atomic mass is 10.4. The van der Waals surface area contributed by atoms with E-state index in [2.05, 4.69) is 26.2 Å². The quantitative estimate of drug-likeness (QED) is 0.907. The molecule has 0 amide bonds. The Bertz CT molecular complexity index is 539. The molecule has 2 heterocycles. The fourth-order valence-electron chi connectivity index (χ4n) is 1.29. The molecule has 2 rings (SSSR count). The molecular formula is C11H9BrN2O3. The second-order valence-electron chi connectivity index (χ2n) is 3.32. The van der Waals surface area contributed by atoms with Gasteiger partial charge in [0.05, 0.1) is 18.4 Å². The molecule has 0 aliphatic carbocycles. The number of hydrogen-bond donors (Lipinski definition) is 2. The Morgan fingerprint density at radius 3 is 2.94 bits per heavy atom. The van der Waals surface area contributed by atoms with Crippen molar-refractivity contribution in [3.63, 3.8) is 0 Å². The van der Waals surface area contributed by atoms with Crippen molar-refractivity contribution >= 4 is 27.6 Å². The van der Waals surface area contributed by atoms with Crippen LogP contribution in [0.25, 0.3) is 0 Å². The van der Waals surface area contributed by atoms with Gasteiger partial charge in [-0.2, -0.15) is 0 Å². The van der Waals surface area contributed by atoms with Gasteiger partial charge in [0.25, 0.3) is 0 Å². The second kappa shape index (κ2) is 5.01. The van der Waals surface area contributed by atoms with Gasteiger partial charge < -0.3 is 14.8 Å². The molecule has 0 aliphatic heterocycles. The van der Waals surface area contributed by atoms with Gasteiger partial charge in [-0.1, -0.05) is 0 Å². The van der Waals surface area contributed by atoms with Crippen molar-refractivity contribution < 1.29 is 14.3 Å². The molecule has 88 valence electrons. The van der Waals surface area contributed by atoms with Crippen molar-refractivity contribution in [1.29, 1.82) is 0 Å². The van der Waals surface area contributed by atoms with Crippen molar-refractivity contribution in [2.75, 3.05) is 5.32 Å². The van der Waals surface area contributed by atoms with Crippen molar-refractivity contribution in [3.05, 3.63) is 46.6 Å². The molecule has 17 heavy (non-hydrogen) atoms. The molecule has 2 aromatic heterocycles. The minimum atomic E-state index is -1.07. The van der Waals surface area contributed by atoms with Crippen LogP contribution in [-0.2, 0) is 6.54 Å². The highest BCUT2D eigenvalue weighted by Crippen LogP contribution is 2.15. The zero-order valence-electron chi connectivity index (χ0n) is 8.68. The summed E-state index contributed by atoms with van der Waals surface area (Å²) >= 11 is 3.31. The first-order chi connectivity index (χ1) is 8.15. The molecule has 6 heteroatoms. The third-order valence-electron chi connectivity index (χ3n) is 2.04. The Morgan fingerprint density at radius 1 is 1.47 bits per heavy atom. The van der Waals surface area contributed by atoms with Crippen LogP contribution in [0.3, 0.4) is 0 Å². The number of hydrogen-bond acceptors (Lipinski definition) is 4. The van der Waals surface area contributed by atoms with Crippen LogP contribution < -0.4 is 5.32 Å². The second-order valence-corrected chi connectivity index (χ2v) is 4.23. The SMILES string of the molecule is O=C(O)c1ccc(CNc2cncc(Br)c2)o1. The number of anilines is 1. The number of carbonyl (C=O) groups is 1. The first kappa shape index (κ1) is 11.7. The highest BCUT2D eigenvalue weighted by Gasteiger charge is 2.08. The maximum absolute atomic E-state index is 10.6. The first-order valence-corrected chi connectivity index (χ1v) is 5.61. The normalized spacial score (nSPS) is 10.2. The van der Waals surface area contributed by atoms with Crippen LogP contribution in [0.5, 0.6) is 0 Å². The number of nitrogens with zero attached hydrogens (tertiary/aromatic N) is 1. The number of carboxylic acids is 1. The summed E-state index contributed by atoms with van der Waals surface area (Å²) in [4.78, 5) is 14.6. The highest BCUT2D eigenvalue weighted by atomic mass is 79.9. The molecule has 5 nitrogen and oxygen atoms in total. The first-order valence-electron chi connectivity index (χ1n) is 4.81. The zero-order valence-corrected chi connectivity index (χ0v) is 10.3. The van der Waals surface area contributed by atoms with Gasteiger partial charge in [-0.05, 0) is 34.1 Å². The minimum Gasteiger partial charge on any atom is -0.475 e. The third-order valence-corrected chi connectivity index (χ3v) is 2.48. The lowest BCUT2D eigenvalue weighted by Gasteiger charge is -2.03. The largest absolute Gasteiger partial charge is 0.475 e. The molecule has 0 atom stereocenters. The van der Waals surface area contributed by atoms with E-state index in [1.807, 2.05) is 6.07 Å².